The van der Waals surface area contributed by atoms with Crippen molar-refractivity contribution < 1.29 is 0 Å². The molecule has 1 heterocycles. The largest absolute Gasteiger partial charge is 0.365 e. The van der Waals surface area contributed by atoms with Crippen LogP contribution < -0.4 is 5.32 Å². The molecule has 1 N–H and O–H groups in total. The van der Waals surface area contributed by atoms with Gasteiger partial charge in [0.15, 0.2) is 5.13 Å². The molecule has 0 atom stereocenters. The van der Waals surface area contributed by atoms with Crippen LogP contribution in [0.1, 0.15) is 27.3 Å². The molecule has 0 saturated carbocycles. The van der Waals surface area contributed by atoms with Crippen molar-refractivity contribution >= 4 is 16.5 Å². The molecular formula is C14H18N2S. The van der Waals surface area contributed by atoms with Crippen molar-refractivity contribution in [3.05, 3.63) is 45.5 Å². The lowest BCUT2D eigenvalue weighted by Crippen LogP contribution is -1.92. The van der Waals surface area contributed by atoms with Gasteiger partial charge in [-0.25, -0.2) is 4.98 Å². The van der Waals surface area contributed by atoms with E-state index < -0.39 is 0 Å². The van der Waals surface area contributed by atoms with Gasteiger partial charge < -0.3 is 5.32 Å². The number of nitrogens with zero attached hydrogens (tertiary/aromatic N) is 1. The summed E-state index contributed by atoms with van der Waals surface area (Å²) in [6.45, 7) is 6.39. The predicted molar refractivity (Wildman–Crippen MR) is 75.1 cm³/mol. The first-order chi connectivity index (χ1) is 8.10. The van der Waals surface area contributed by atoms with Crippen molar-refractivity contribution in [3.8, 4) is 0 Å². The number of aryl methyl sites for hydroxylation is 3. The summed E-state index contributed by atoms with van der Waals surface area (Å²) in [7, 11) is 1.92. The van der Waals surface area contributed by atoms with Crippen LogP contribution in [0.3, 0.4) is 0 Å². The summed E-state index contributed by atoms with van der Waals surface area (Å²) in [6.07, 6.45) is 0.985. The van der Waals surface area contributed by atoms with Crippen molar-refractivity contribution in [2.45, 2.75) is 27.2 Å². The van der Waals surface area contributed by atoms with Crippen LogP contribution >= 0.6 is 11.3 Å². The van der Waals surface area contributed by atoms with E-state index in [1.54, 1.807) is 11.3 Å². The quantitative estimate of drug-likeness (QED) is 0.893. The number of anilines is 1. The lowest BCUT2D eigenvalue weighted by molar-refractivity contribution is 1.12. The van der Waals surface area contributed by atoms with Gasteiger partial charge in [0, 0.05) is 18.3 Å². The molecule has 2 aromatic rings. The molecule has 2 nitrogen and oxygen atoms in total. The minimum absolute atomic E-state index is 0.985. The zero-order valence-electron chi connectivity index (χ0n) is 10.8. The molecule has 3 heteroatoms. The third kappa shape index (κ3) is 2.67. The molecule has 0 amide bonds. The number of thiazole rings is 1. The third-order valence-corrected chi connectivity index (χ3v) is 4.14. The van der Waals surface area contributed by atoms with Crippen molar-refractivity contribution in [3.63, 3.8) is 0 Å². The van der Waals surface area contributed by atoms with Gasteiger partial charge in [-0.05, 0) is 31.9 Å². The second-order valence-electron chi connectivity index (χ2n) is 4.38. The van der Waals surface area contributed by atoms with Gasteiger partial charge in [0.1, 0.15) is 0 Å². The molecule has 0 aliphatic heterocycles. The molecule has 90 valence electrons. The summed E-state index contributed by atoms with van der Waals surface area (Å²) >= 11 is 1.75. The molecule has 2 rings (SSSR count). The van der Waals surface area contributed by atoms with E-state index in [-0.39, 0.29) is 0 Å². The number of benzene rings is 1. The molecule has 1 aromatic carbocycles. The molecule has 0 aliphatic carbocycles. The van der Waals surface area contributed by atoms with Crippen LogP contribution in [-0.2, 0) is 6.42 Å². The minimum Gasteiger partial charge on any atom is -0.365 e. The van der Waals surface area contributed by atoms with Gasteiger partial charge in [0.05, 0.1) is 5.69 Å². The Labute approximate surface area is 107 Å². The van der Waals surface area contributed by atoms with Crippen LogP contribution in [0.5, 0.6) is 0 Å². The summed E-state index contributed by atoms with van der Waals surface area (Å²) < 4.78 is 0. The fraction of sp³-hybridized carbons (Fsp3) is 0.357. The van der Waals surface area contributed by atoms with E-state index in [0.717, 1.165) is 17.2 Å². The Kier molecular flexibility index (Phi) is 3.48. The van der Waals surface area contributed by atoms with Crippen LogP contribution in [0.2, 0.25) is 0 Å². The first-order valence-corrected chi connectivity index (χ1v) is 6.62. The Balaban J connectivity index is 2.30. The monoisotopic (exact) mass is 246 g/mol. The molecular weight excluding hydrogens is 228 g/mol. The fourth-order valence-corrected chi connectivity index (χ4v) is 2.80. The lowest BCUT2D eigenvalue weighted by atomic mass is 10.0. The van der Waals surface area contributed by atoms with Crippen molar-refractivity contribution in [1.82, 2.24) is 4.98 Å². The van der Waals surface area contributed by atoms with Gasteiger partial charge in [-0.2, -0.15) is 0 Å². The van der Waals surface area contributed by atoms with Crippen LogP contribution in [0.25, 0.3) is 0 Å². The van der Waals surface area contributed by atoms with Gasteiger partial charge in [-0.1, -0.05) is 23.8 Å². The van der Waals surface area contributed by atoms with E-state index >= 15 is 0 Å². The summed E-state index contributed by atoms with van der Waals surface area (Å²) in [4.78, 5) is 5.83. The van der Waals surface area contributed by atoms with Gasteiger partial charge in [0.25, 0.3) is 0 Å². The van der Waals surface area contributed by atoms with E-state index in [4.69, 9.17) is 0 Å². The van der Waals surface area contributed by atoms with Crippen LogP contribution in [0.4, 0.5) is 5.13 Å². The highest BCUT2D eigenvalue weighted by molar-refractivity contribution is 7.15. The molecule has 0 radical (unpaired) electrons. The number of hydrogen-bond acceptors (Lipinski definition) is 3. The average molecular weight is 246 g/mol. The van der Waals surface area contributed by atoms with Crippen molar-refractivity contribution in [1.29, 1.82) is 0 Å². The molecule has 0 spiro atoms. The third-order valence-electron chi connectivity index (χ3n) is 2.96. The Morgan fingerprint density at radius 2 is 2.00 bits per heavy atom. The SMILES string of the molecule is CNc1nc(C)c(Cc2cc(C)ccc2C)s1. The second kappa shape index (κ2) is 4.88. The van der Waals surface area contributed by atoms with Crippen molar-refractivity contribution in [2.24, 2.45) is 0 Å². The van der Waals surface area contributed by atoms with E-state index in [9.17, 15) is 0 Å². The maximum atomic E-state index is 4.48. The first-order valence-electron chi connectivity index (χ1n) is 5.80. The predicted octanol–water partition coefficient (Wildman–Crippen LogP) is 3.70. The maximum absolute atomic E-state index is 4.48. The number of hydrogen-bond donors (Lipinski definition) is 1. The summed E-state index contributed by atoms with van der Waals surface area (Å²) in [5.41, 5.74) is 5.22. The molecule has 17 heavy (non-hydrogen) atoms. The van der Waals surface area contributed by atoms with E-state index in [0.29, 0.717) is 0 Å². The summed E-state index contributed by atoms with van der Waals surface area (Å²) in [6, 6.07) is 6.63. The zero-order chi connectivity index (χ0) is 12.4. The smallest absolute Gasteiger partial charge is 0.182 e. The first kappa shape index (κ1) is 12.1. The highest BCUT2D eigenvalue weighted by Crippen LogP contribution is 2.26. The molecule has 0 unspecified atom stereocenters. The minimum atomic E-state index is 0.985. The topological polar surface area (TPSA) is 24.9 Å². The lowest BCUT2D eigenvalue weighted by Gasteiger charge is -2.06. The Bertz CT molecular complexity index is 529. The van der Waals surface area contributed by atoms with Gasteiger partial charge in [-0.15, -0.1) is 11.3 Å². The van der Waals surface area contributed by atoms with Gasteiger partial charge in [-0.3, -0.25) is 0 Å². The van der Waals surface area contributed by atoms with E-state index in [1.807, 2.05) is 7.05 Å². The Morgan fingerprint density at radius 1 is 1.24 bits per heavy atom. The molecule has 0 saturated heterocycles. The normalized spacial score (nSPS) is 10.6. The Hall–Kier alpha value is -1.35. The maximum Gasteiger partial charge on any atom is 0.182 e. The van der Waals surface area contributed by atoms with Crippen LogP contribution in [0.15, 0.2) is 18.2 Å². The summed E-state index contributed by atoms with van der Waals surface area (Å²) in [5.74, 6) is 0. The molecule has 0 fully saturated rings. The van der Waals surface area contributed by atoms with Crippen LogP contribution in [-0.4, -0.2) is 12.0 Å². The highest BCUT2D eigenvalue weighted by Gasteiger charge is 2.08. The molecule has 1 aromatic heterocycles. The number of rotatable bonds is 3. The van der Waals surface area contributed by atoms with E-state index in [2.05, 4.69) is 49.3 Å². The van der Waals surface area contributed by atoms with Crippen molar-refractivity contribution in [2.75, 3.05) is 12.4 Å². The molecule has 0 aliphatic rings. The summed E-state index contributed by atoms with van der Waals surface area (Å²) in [5, 5.41) is 4.11. The number of aromatic nitrogens is 1. The fourth-order valence-electron chi connectivity index (χ4n) is 1.86. The standard InChI is InChI=1S/C14H18N2S/c1-9-5-6-10(2)12(7-9)8-13-11(3)16-14(15-4)17-13/h5-7H,8H2,1-4H3,(H,15,16). The van der Waals surface area contributed by atoms with E-state index in [1.165, 1.54) is 21.6 Å². The van der Waals surface area contributed by atoms with Gasteiger partial charge >= 0.3 is 0 Å². The van der Waals surface area contributed by atoms with Crippen LogP contribution in [0, 0.1) is 20.8 Å². The number of nitrogens with one attached hydrogen (secondary N) is 1. The molecule has 0 bridgehead atoms. The second-order valence-corrected chi connectivity index (χ2v) is 5.47. The zero-order valence-corrected chi connectivity index (χ0v) is 11.6. The average Bonchev–Trinajstić information content (AvgIpc) is 2.65. The highest BCUT2D eigenvalue weighted by atomic mass is 32.1. The Morgan fingerprint density at radius 3 is 2.65 bits per heavy atom. The van der Waals surface area contributed by atoms with Gasteiger partial charge in [0.2, 0.25) is 0 Å².